The van der Waals surface area contributed by atoms with Gasteiger partial charge in [-0.3, -0.25) is 0 Å². The molecule has 0 radical (unpaired) electrons. The summed E-state index contributed by atoms with van der Waals surface area (Å²) in [5.74, 6) is 0.475. The number of anilines is 1. The third-order valence-corrected chi connectivity index (χ3v) is 3.44. The van der Waals surface area contributed by atoms with Crippen molar-refractivity contribution in [2.75, 3.05) is 11.9 Å². The minimum atomic E-state index is -0.492. The van der Waals surface area contributed by atoms with Gasteiger partial charge in [-0.15, -0.1) is 12.4 Å². The number of hydrogen-bond donors (Lipinski definition) is 4. The largest absolute Gasteiger partial charge is 0.846 e. The molecule has 0 amide bonds. The fourth-order valence-electron chi connectivity index (χ4n) is 2.22. The van der Waals surface area contributed by atoms with Crippen LogP contribution in [0.1, 0.15) is 5.56 Å². The molecule has 2 aromatic rings. The number of rotatable bonds is 5. The number of aliphatic imine (C=N–C) groups is 1. The van der Waals surface area contributed by atoms with E-state index in [1.54, 1.807) is 30.5 Å². The number of hydrogen-bond acceptors (Lipinski definition) is 5. The number of nitrogens with one attached hydrogen (secondary N) is 3. The zero-order chi connectivity index (χ0) is 16.8. The van der Waals surface area contributed by atoms with E-state index in [2.05, 4.69) is 15.9 Å². The van der Waals surface area contributed by atoms with Gasteiger partial charge in [-0.1, -0.05) is 30.3 Å². The Kier molecular flexibility index (Phi) is 6.64. The van der Waals surface area contributed by atoms with Gasteiger partial charge < -0.3 is 20.4 Å². The molecule has 0 aliphatic carbocycles. The molecule has 8 heteroatoms. The van der Waals surface area contributed by atoms with Crippen molar-refractivity contribution in [3.8, 4) is 5.75 Å². The van der Waals surface area contributed by atoms with Gasteiger partial charge in [0.2, 0.25) is 0 Å². The monoisotopic (exact) mass is 362 g/mol. The Morgan fingerprint density at radius 1 is 1.16 bits per heavy atom. The number of amidine groups is 1. The summed E-state index contributed by atoms with van der Waals surface area (Å²) in [5.41, 5.74) is 4.53. The highest BCUT2D eigenvalue weighted by atomic mass is 35.5. The highest BCUT2D eigenvalue weighted by Gasteiger charge is 2.18. The summed E-state index contributed by atoms with van der Waals surface area (Å²) in [7, 11) is 0. The first-order valence-corrected chi connectivity index (χ1v) is 7.55. The smallest absolute Gasteiger partial charge is 0.300 e. The molecular weight excluding hydrogens is 344 g/mol. The quantitative estimate of drug-likeness (QED) is 0.454. The molecule has 0 spiro atoms. The van der Waals surface area contributed by atoms with E-state index in [9.17, 15) is 10.2 Å². The van der Waals surface area contributed by atoms with E-state index >= 15 is 0 Å². The van der Waals surface area contributed by atoms with Gasteiger partial charge in [0, 0.05) is 17.7 Å². The highest BCUT2D eigenvalue weighted by molar-refractivity contribution is 5.86. The normalized spacial score (nSPS) is 16.6. The highest BCUT2D eigenvalue weighted by Crippen LogP contribution is 2.09. The molecule has 2 aromatic carbocycles. The summed E-state index contributed by atoms with van der Waals surface area (Å²) < 4.78 is 0. The lowest BCUT2D eigenvalue weighted by atomic mass is 10.1. The lowest BCUT2D eigenvalue weighted by Gasteiger charge is -2.12. The number of halogens is 1. The van der Waals surface area contributed by atoms with Crippen molar-refractivity contribution in [1.29, 1.82) is 0 Å². The Morgan fingerprint density at radius 3 is 2.60 bits per heavy atom. The second-order valence-corrected chi connectivity index (χ2v) is 5.29. The first-order chi connectivity index (χ1) is 11.7. The molecule has 0 aromatic heterocycles. The van der Waals surface area contributed by atoms with Crippen LogP contribution in [0, 0.1) is 0 Å². The molecular formula is C17H19ClN4O3. The van der Waals surface area contributed by atoms with E-state index in [-0.39, 0.29) is 24.0 Å². The summed E-state index contributed by atoms with van der Waals surface area (Å²) >= 11 is 0. The van der Waals surface area contributed by atoms with E-state index in [0.29, 0.717) is 12.2 Å². The standard InChI is InChI=1S/C17H18N4O3.ClH/c22-15-8-6-13(7-9-15)10-11-21-12-16(24-20-21)19-17(23)18-14-4-2-1-3-5-14;/h1-9,12,20,22H,10-11H2,(H2,18,19,23);1H. The topological polar surface area (TPSA) is 93.4 Å². The van der Waals surface area contributed by atoms with E-state index in [0.717, 1.165) is 17.0 Å². The van der Waals surface area contributed by atoms with Gasteiger partial charge in [0.05, 0.1) is 6.02 Å². The first kappa shape index (κ1) is 18.6. The lowest BCUT2D eigenvalue weighted by molar-refractivity contribution is -0.911. The van der Waals surface area contributed by atoms with Crippen LogP contribution in [0.2, 0.25) is 0 Å². The van der Waals surface area contributed by atoms with Crippen LogP contribution in [0.15, 0.2) is 71.7 Å². The van der Waals surface area contributed by atoms with Crippen molar-refractivity contribution in [2.45, 2.75) is 6.42 Å². The molecule has 0 saturated heterocycles. The number of phenols is 1. The Hall–Kier alpha value is -2.74. The summed E-state index contributed by atoms with van der Waals surface area (Å²) in [6.45, 7) is 0.712. The zero-order valence-electron chi connectivity index (χ0n) is 13.3. The van der Waals surface area contributed by atoms with Crippen LogP contribution in [0.25, 0.3) is 0 Å². The molecule has 1 aliphatic heterocycles. The Morgan fingerprint density at radius 2 is 1.88 bits per heavy atom. The molecule has 3 rings (SSSR count). The average molecular weight is 363 g/mol. The van der Waals surface area contributed by atoms with Crippen molar-refractivity contribution in [2.24, 2.45) is 4.99 Å². The van der Waals surface area contributed by atoms with Crippen LogP contribution in [-0.4, -0.2) is 17.7 Å². The third-order valence-electron chi connectivity index (χ3n) is 3.44. The SMILES string of the molecule is Cl.[O-]/C(=N/C1=C[NH+](CCc2ccc(O)cc2)NO1)Nc1ccccc1. The molecule has 7 nitrogen and oxygen atoms in total. The minimum absolute atomic E-state index is 0. The van der Waals surface area contributed by atoms with Crippen molar-refractivity contribution in [3.63, 3.8) is 0 Å². The van der Waals surface area contributed by atoms with Gasteiger partial charge in [0.1, 0.15) is 12.3 Å². The summed E-state index contributed by atoms with van der Waals surface area (Å²) in [4.78, 5) is 9.05. The Balaban J connectivity index is 0.00000225. The number of phenolic OH excluding ortho intramolecular Hbond substituents is 1. The van der Waals surface area contributed by atoms with Crippen LogP contribution in [-0.2, 0) is 11.3 Å². The minimum Gasteiger partial charge on any atom is -0.846 e. The van der Waals surface area contributed by atoms with Crippen LogP contribution in [0.5, 0.6) is 5.75 Å². The van der Waals surface area contributed by atoms with Gasteiger partial charge in [0.15, 0.2) is 6.20 Å². The predicted octanol–water partition coefficient (Wildman–Crippen LogP) is 0.318. The summed E-state index contributed by atoms with van der Waals surface area (Å²) in [6, 6.07) is 15.7. The van der Waals surface area contributed by atoms with Crippen molar-refractivity contribution < 1.29 is 20.1 Å². The fraction of sp³-hybridized carbons (Fsp3) is 0.118. The molecule has 1 unspecified atom stereocenters. The maximum atomic E-state index is 11.8. The van der Waals surface area contributed by atoms with Crippen LogP contribution < -0.4 is 21.0 Å². The van der Waals surface area contributed by atoms with Crippen molar-refractivity contribution in [1.82, 2.24) is 5.59 Å². The number of nitrogens with zero attached hydrogens (tertiary/aromatic N) is 1. The molecule has 25 heavy (non-hydrogen) atoms. The van der Waals surface area contributed by atoms with Gasteiger partial charge in [-0.2, -0.15) is 5.01 Å². The molecule has 1 heterocycles. The second kappa shape index (κ2) is 8.93. The average Bonchev–Trinajstić information content (AvgIpc) is 3.02. The first-order valence-electron chi connectivity index (χ1n) is 7.55. The van der Waals surface area contributed by atoms with Crippen LogP contribution in [0.3, 0.4) is 0 Å². The predicted molar refractivity (Wildman–Crippen MR) is 94.7 cm³/mol. The molecule has 0 bridgehead atoms. The molecule has 0 saturated carbocycles. The van der Waals surface area contributed by atoms with Crippen molar-refractivity contribution >= 4 is 24.1 Å². The Bertz CT molecular complexity index is 735. The zero-order valence-corrected chi connectivity index (χ0v) is 14.1. The number of benzene rings is 2. The lowest BCUT2D eigenvalue weighted by Crippen LogP contribution is -3.13. The van der Waals surface area contributed by atoms with E-state index in [1.165, 1.54) is 0 Å². The molecule has 132 valence electrons. The third kappa shape index (κ3) is 5.68. The Labute approximate surface area is 151 Å². The van der Waals surface area contributed by atoms with E-state index < -0.39 is 6.02 Å². The van der Waals surface area contributed by atoms with Gasteiger partial charge >= 0.3 is 0 Å². The molecule has 1 atom stereocenters. The van der Waals surface area contributed by atoms with Crippen LogP contribution in [0.4, 0.5) is 5.69 Å². The van der Waals surface area contributed by atoms with E-state index in [4.69, 9.17) is 4.84 Å². The molecule has 4 N–H and O–H groups in total. The summed E-state index contributed by atoms with van der Waals surface area (Å²) in [5, 5.41) is 24.6. The second-order valence-electron chi connectivity index (χ2n) is 5.29. The number of para-hydroxylation sites is 1. The maximum Gasteiger partial charge on any atom is 0.300 e. The molecule has 1 aliphatic rings. The number of quaternary nitrogens is 1. The van der Waals surface area contributed by atoms with Gasteiger partial charge in [0.25, 0.3) is 5.88 Å². The maximum absolute atomic E-state index is 11.8. The molecule has 0 fully saturated rings. The van der Waals surface area contributed by atoms with Crippen LogP contribution >= 0.6 is 12.4 Å². The van der Waals surface area contributed by atoms with E-state index in [1.807, 2.05) is 30.3 Å². The van der Waals surface area contributed by atoms with Gasteiger partial charge in [-0.25, -0.2) is 4.99 Å². The van der Waals surface area contributed by atoms with Crippen molar-refractivity contribution in [3.05, 3.63) is 72.2 Å². The summed E-state index contributed by atoms with van der Waals surface area (Å²) in [6.07, 6.45) is 2.48. The number of aromatic hydroxyl groups is 1. The van der Waals surface area contributed by atoms with Gasteiger partial charge in [-0.05, 0) is 29.8 Å². The fourth-order valence-corrected chi connectivity index (χ4v) is 2.22.